The average Bonchev–Trinajstić information content (AvgIpc) is 3.56. The van der Waals surface area contributed by atoms with Gasteiger partial charge in [0, 0.05) is 32.1 Å². The van der Waals surface area contributed by atoms with Crippen LogP contribution >= 0.6 is 34.7 Å². The van der Waals surface area contributed by atoms with Crippen molar-refractivity contribution < 1.29 is 14.4 Å². The van der Waals surface area contributed by atoms with Crippen LogP contribution in [0.3, 0.4) is 0 Å². The van der Waals surface area contributed by atoms with Crippen LogP contribution in [0.4, 0.5) is 10.8 Å². The Kier molecular flexibility index (Phi) is 10.1. The van der Waals surface area contributed by atoms with Crippen molar-refractivity contribution in [1.82, 2.24) is 10.3 Å². The minimum Gasteiger partial charge on any atom is -0.321 e. The van der Waals surface area contributed by atoms with Gasteiger partial charge in [0.2, 0.25) is 5.91 Å². The van der Waals surface area contributed by atoms with Crippen molar-refractivity contribution in [1.29, 1.82) is 0 Å². The number of rotatable bonds is 10. The summed E-state index contributed by atoms with van der Waals surface area (Å²) in [7, 11) is 0. The highest BCUT2D eigenvalue weighted by Crippen LogP contribution is 2.27. The SMILES string of the molecule is O=C(CSc1cccc(NC(=O)/C(=C\c2cccc3ccccc23)NC(=O)c2ccccc2)c1)Nc1nc(-c2ccc(Cl)cc2)cs1. The van der Waals surface area contributed by atoms with Gasteiger partial charge in [-0.25, -0.2) is 4.98 Å². The van der Waals surface area contributed by atoms with Gasteiger partial charge >= 0.3 is 0 Å². The number of carbonyl (C=O) groups is 3. The standard InChI is InChI=1S/C37H27ClN4O3S2/c38-28-18-16-25(17-19-28)33-22-47-37(41-33)42-34(43)23-46-30-14-7-13-29(21-30)39-36(45)32(40-35(44)26-9-2-1-3-10-26)20-27-12-6-11-24-8-4-5-15-31(24)27/h1-22H,23H2,(H,39,45)(H,40,44)(H,41,42,43)/b32-20+. The molecule has 232 valence electrons. The fourth-order valence-electron chi connectivity index (χ4n) is 4.72. The predicted octanol–water partition coefficient (Wildman–Crippen LogP) is 8.76. The Morgan fingerprint density at radius 1 is 0.809 bits per heavy atom. The third-order valence-electron chi connectivity index (χ3n) is 7.00. The quantitative estimate of drug-likeness (QED) is 0.0997. The molecule has 0 radical (unpaired) electrons. The van der Waals surface area contributed by atoms with E-state index in [1.165, 1.54) is 23.1 Å². The molecule has 0 fully saturated rings. The number of aromatic nitrogens is 1. The van der Waals surface area contributed by atoms with Crippen LogP contribution < -0.4 is 16.0 Å². The average molecular weight is 675 g/mol. The van der Waals surface area contributed by atoms with Gasteiger partial charge in [0.25, 0.3) is 11.8 Å². The fraction of sp³-hybridized carbons (Fsp3) is 0.0270. The summed E-state index contributed by atoms with van der Waals surface area (Å²) in [5.74, 6) is -0.942. The highest BCUT2D eigenvalue weighted by molar-refractivity contribution is 8.00. The third-order valence-corrected chi connectivity index (χ3v) is 9.01. The van der Waals surface area contributed by atoms with Crippen LogP contribution in [0.5, 0.6) is 0 Å². The molecule has 0 aliphatic rings. The first kappa shape index (κ1) is 31.7. The van der Waals surface area contributed by atoms with Gasteiger partial charge in [-0.2, -0.15) is 0 Å². The van der Waals surface area contributed by atoms with E-state index in [2.05, 4.69) is 20.9 Å². The number of halogens is 1. The van der Waals surface area contributed by atoms with Crippen LogP contribution in [0.15, 0.2) is 137 Å². The van der Waals surface area contributed by atoms with Gasteiger partial charge in [-0.3, -0.25) is 14.4 Å². The molecule has 0 atom stereocenters. The van der Waals surface area contributed by atoms with Crippen LogP contribution in [0.25, 0.3) is 28.1 Å². The summed E-state index contributed by atoms with van der Waals surface area (Å²) < 4.78 is 0. The molecule has 0 saturated heterocycles. The second kappa shape index (κ2) is 14.9. The van der Waals surface area contributed by atoms with E-state index in [-0.39, 0.29) is 17.4 Å². The molecule has 0 bridgehead atoms. The number of nitrogens with one attached hydrogen (secondary N) is 3. The zero-order valence-corrected chi connectivity index (χ0v) is 27.2. The summed E-state index contributed by atoms with van der Waals surface area (Å²) in [6, 6.07) is 36.9. The predicted molar refractivity (Wildman–Crippen MR) is 193 cm³/mol. The molecule has 0 aliphatic carbocycles. The second-order valence-corrected chi connectivity index (χ2v) is 12.7. The zero-order valence-electron chi connectivity index (χ0n) is 24.8. The molecule has 5 aromatic carbocycles. The number of thioether (sulfide) groups is 1. The van der Waals surface area contributed by atoms with E-state index in [1.54, 1.807) is 60.7 Å². The number of fused-ring (bicyclic) bond motifs is 1. The Morgan fingerprint density at radius 2 is 1.55 bits per heavy atom. The van der Waals surface area contributed by atoms with Crippen LogP contribution in [-0.4, -0.2) is 28.5 Å². The van der Waals surface area contributed by atoms with Crippen molar-refractivity contribution in [2.45, 2.75) is 4.90 Å². The molecule has 1 aromatic heterocycles. The normalized spacial score (nSPS) is 11.2. The van der Waals surface area contributed by atoms with Gasteiger partial charge in [-0.05, 0) is 64.9 Å². The van der Waals surface area contributed by atoms with E-state index < -0.39 is 11.8 Å². The summed E-state index contributed by atoms with van der Waals surface area (Å²) in [6.45, 7) is 0. The Balaban J connectivity index is 1.14. The smallest absolute Gasteiger partial charge is 0.272 e. The lowest BCUT2D eigenvalue weighted by molar-refractivity contribution is -0.114. The van der Waals surface area contributed by atoms with Crippen molar-refractivity contribution in [3.05, 3.63) is 149 Å². The molecule has 0 unspecified atom stereocenters. The fourth-order valence-corrected chi connectivity index (χ4v) is 6.34. The lowest BCUT2D eigenvalue weighted by Gasteiger charge is -2.13. The Bertz CT molecular complexity index is 2090. The van der Waals surface area contributed by atoms with E-state index in [1.807, 2.05) is 72.1 Å². The second-order valence-electron chi connectivity index (χ2n) is 10.3. The van der Waals surface area contributed by atoms with Crippen LogP contribution in [0.2, 0.25) is 5.02 Å². The molecule has 7 nitrogen and oxygen atoms in total. The van der Waals surface area contributed by atoms with Crippen molar-refractivity contribution in [3.63, 3.8) is 0 Å². The number of anilines is 2. The highest BCUT2D eigenvalue weighted by atomic mass is 35.5. The summed E-state index contributed by atoms with van der Waals surface area (Å²) in [5, 5.41) is 13.5. The minimum atomic E-state index is -0.484. The number of amides is 3. The van der Waals surface area contributed by atoms with Crippen LogP contribution in [-0.2, 0) is 9.59 Å². The van der Waals surface area contributed by atoms with Crippen molar-refractivity contribution >= 4 is 80.1 Å². The van der Waals surface area contributed by atoms with E-state index in [0.29, 0.717) is 21.4 Å². The highest BCUT2D eigenvalue weighted by Gasteiger charge is 2.16. The molecule has 6 rings (SSSR count). The molecule has 0 saturated carbocycles. The summed E-state index contributed by atoms with van der Waals surface area (Å²) in [5.41, 5.74) is 3.50. The molecule has 3 N–H and O–H groups in total. The van der Waals surface area contributed by atoms with Crippen molar-refractivity contribution in [2.75, 3.05) is 16.4 Å². The molecule has 47 heavy (non-hydrogen) atoms. The monoisotopic (exact) mass is 674 g/mol. The lowest BCUT2D eigenvalue weighted by atomic mass is 10.0. The molecule has 10 heteroatoms. The molecular weight excluding hydrogens is 648 g/mol. The third kappa shape index (κ3) is 8.33. The summed E-state index contributed by atoms with van der Waals surface area (Å²) in [4.78, 5) is 44.8. The zero-order chi connectivity index (χ0) is 32.6. The Morgan fingerprint density at radius 3 is 2.38 bits per heavy atom. The van der Waals surface area contributed by atoms with Gasteiger partial charge in [0.15, 0.2) is 5.13 Å². The first-order chi connectivity index (χ1) is 22.9. The number of benzene rings is 5. The van der Waals surface area contributed by atoms with Gasteiger partial charge in [0.05, 0.1) is 11.4 Å². The lowest BCUT2D eigenvalue weighted by Crippen LogP contribution is -2.30. The van der Waals surface area contributed by atoms with E-state index in [0.717, 1.165) is 32.5 Å². The number of thiazole rings is 1. The molecule has 3 amide bonds. The molecule has 0 aliphatic heterocycles. The summed E-state index contributed by atoms with van der Waals surface area (Å²) >= 11 is 8.65. The maximum absolute atomic E-state index is 13.6. The number of nitrogens with zero attached hydrogens (tertiary/aromatic N) is 1. The topological polar surface area (TPSA) is 100 Å². The van der Waals surface area contributed by atoms with Gasteiger partial charge in [-0.15, -0.1) is 23.1 Å². The van der Waals surface area contributed by atoms with Crippen molar-refractivity contribution in [3.8, 4) is 11.3 Å². The van der Waals surface area contributed by atoms with E-state index in [9.17, 15) is 14.4 Å². The maximum Gasteiger partial charge on any atom is 0.272 e. The summed E-state index contributed by atoms with van der Waals surface area (Å²) in [6.07, 6.45) is 1.68. The molecule has 0 spiro atoms. The Hall–Kier alpha value is -5.22. The van der Waals surface area contributed by atoms with Crippen molar-refractivity contribution in [2.24, 2.45) is 0 Å². The maximum atomic E-state index is 13.6. The Labute approximate surface area is 284 Å². The van der Waals surface area contributed by atoms with E-state index in [4.69, 9.17) is 11.6 Å². The first-order valence-corrected chi connectivity index (χ1v) is 16.8. The van der Waals surface area contributed by atoms with Crippen LogP contribution in [0, 0.1) is 0 Å². The molecule has 6 aromatic rings. The number of hydrogen-bond acceptors (Lipinski definition) is 6. The van der Waals surface area contributed by atoms with Gasteiger partial charge < -0.3 is 16.0 Å². The number of hydrogen-bond donors (Lipinski definition) is 3. The molecular formula is C37H27ClN4O3S2. The van der Waals surface area contributed by atoms with Gasteiger partial charge in [0.1, 0.15) is 5.70 Å². The van der Waals surface area contributed by atoms with Crippen LogP contribution in [0.1, 0.15) is 15.9 Å². The number of carbonyl (C=O) groups excluding carboxylic acids is 3. The van der Waals surface area contributed by atoms with E-state index >= 15 is 0 Å². The minimum absolute atomic E-state index is 0.0917. The van der Waals surface area contributed by atoms with Gasteiger partial charge in [-0.1, -0.05) is 90.5 Å². The first-order valence-electron chi connectivity index (χ1n) is 14.5. The molecule has 1 heterocycles. The largest absolute Gasteiger partial charge is 0.321 e.